The maximum Gasteiger partial charge on any atom is 0.360 e. The van der Waals surface area contributed by atoms with Crippen LogP contribution in [0, 0.1) is 20.8 Å². The number of rotatable bonds is 5. The molecule has 0 aliphatic carbocycles. The lowest BCUT2D eigenvalue weighted by Gasteiger charge is -2.10. The van der Waals surface area contributed by atoms with Gasteiger partial charge in [-0.1, -0.05) is 16.8 Å². The van der Waals surface area contributed by atoms with Crippen molar-refractivity contribution in [2.75, 3.05) is 6.61 Å². The summed E-state index contributed by atoms with van der Waals surface area (Å²) < 4.78 is 11.8. The molecule has 2 aromatic heterocycles. The average Bonchev–Trinajstić information content (AvgIpc) is 3.17. The molecule has 0 radical (unpaired) electrons. The van der Waals surface area contributed by atoms with E-state index in [9.17, 15) is 9.59 Å². The number of nitrogens with zero attached hydrogens (tertiary/aromatic N) is 2. The van der Waals surface area contributed by atoms with Crippen molar-refractivity contribution < 1.29 is 18.8 Å². The van der Waals surface area contributed by atoms with E-state index in [1.807, 2.05) is 30.5 Å². The molecule has 1 aromatic carbocycles. The number of hydrogen-bond donors (Lipinski definition) is 0. The number of esters is 1. The fraction of sp³-hybridized carbons (Fsp3) is 0.211. The molecule has 2 heterocycles. The van der Waals surface area contributed by atoms with Gasteiger partial charge in [-0.2, -0.15) is 0 Å². The molecule has 0 aliphatic heterocycles. The first-order valence-electron chi connectivity index (χ1n) is 7.95. The lowest BCUT2D eigenvalue weighted by atomic mass is 10.1. The Hall–Kier alpha value is -2.86. The van der Waals surface area contributed by atoms with Gasteiger partial charge in [0.2, 0.25) is 5.78 Å². The molecule has 0 saturated heterocycles. The maximum atomic E-state index is 12.5. The summed E-state index contributed by atoms with van der Waals surface area (Å²) >= 11 is 5.93. The molecule has 0 spiro atoms. The second-order valence-electron chi connectivity index (χ2n) is 5.92. The number of carbonyl (C=O) groups is 2. The van der Waals surface area contributed by atoms with Crippen LogP contribution < -0.4 is 0 Å². The highest BCUT2D eigenvalue weighted by atomic mass is 35.5. The summed E-state index contributed by atoms with van der Waals surface area (Å²) in [6, 6.07) is 10.6. The van der Waals surface area contributed by atoms with Crippen LogP contribution in [0.15, 0.2) is 40.9 Å². The highest BCUT2D eigenvalue weighted by Gasteiger charge is 2.19. The van der Waals surface area contributed by atoms with Crippen LogP contribution in [0.1, 0.15) is 38.0 Å². The highest BCUT2D eigenvalue weighted by Crippen LogP contribution is 2.22. The van der Waals surface area contributed by atoms with Crippen LogP contribution in [-0.4, -0.2) is 28.1 Å². The van der Waals surface area contributed by atoms with E-state index in [4.69, 9.17) is 20.9 Å². The molecule has 0 amide bonds. The SMILES string of the molecule is Cc1cc(C(=O)OCC(=O)c2cc(C)n(-c3ccc(Cl)cc3)c2C)no1. The van der Waals surface area contributed by atoms with Crippen LogP contribution in [0.3, 0.4) is 0 Å². The predicted molar refractivity (Wildman–Crippen MR) is 96.1 cm³/mol. The molecule has 0 N–H and O–H groups in total. The molecule has 7 heteroatoms. The Kier molecular flexibility index (Phi) is 4.95. The Balaban J connectivity index is 1.77. The zero-order valence-electron chi connectivity index (χ0n) is 14.6. The van der Waals surface area contributed by atoms with Crippen molar-refractivity contribution >= 4 is 23.4 Å². The summed E-state index contributed by atoms with van der Waals surface area (Å²) in [5, 5.41) is 4.21. The van der Waals surface area contributed by atoms with Crippen LogP contribution in [-0.2, 0) is 4.74 Å². The number of ketones is 1. The Morgan fingerprint density at radius 3 is 2.46 bits per heavy atom. The lowest BCUT2D eigenvalue weighted by Crippen LogP contribution is -2.15. The molecule has 0 unspecified atom stereocenters. The Labute approximate surface area is 155 Å². The van der Waals surface area contributed by atoms with Gasteiger partial charge in [0.15, 0.2) is 12.3 Å². The fourth-order valence-electron chi connectivity index (χ4n) is 2.78. The van der Waals surface area contributed by atoms with Crippen LogP contribution in [0.25, 0.3) is 5.69 Å². The smallest absolute Gasteiger partial charge is 0.360 e. The third kappa shape index (κ3) is 3.55. The van der Waals surface area contributed by atoms with Gasteiger partial charge in [-0.15, -0.1) is 0 Å². The van der Waals surface area contributed by atoms with Crippen LogP contribution in [0.2, 0.25) is 5.02 Å². The Morgan fingerprint density at radius 2 is 1.85 bits per heavy atom. The maximum absolute atomic E-state index is 12.5. The van der Waals surface area contributed by atoms with Gasteiger partial charge in [0.1, 0.15) is 5.76 Å². The molecular weight excluding hydrogens is 356 g/mol. The molecule has 134 valence electrons. The molecule has 6 nitrogen and oxygen atoms in total. The van der Waals surface area contributed by atoms with Crippen LogP contribution in [0.5, 0.6) is 0 Å². The molecule has 3 aromatic rings. The summed E-state index contributed by atoms with van der Waals surface area (Å²) in [5.41, 5.74) is 3.11. The third-order valence-corrected chi connectivity index (χ3v) is 4.24. The van der Waals surface area contributed by atoms with Crippen molar-refractivity contribution in [2.45, 2.75) is 20.8 Å². The number of Topliss-reactive ketones (excluding diaryl/α,β-unsaturated/α-hetero) is 1. The summed E-state index contributed by atoms with van der Waals surface area (Å²) in [4.78, 5) is 24.4. The standard InChI is InChI=1S/C19H17ClN2O4/c1-11-8-16(13(3)22(11)15-6-4-14(20)5-7-15)18(23)10-25-19(24)17-9-12(2)26-21-17/h4-9H,10H2,1-3H3. The number of aromatic nitrogens is 2. The third-order valence-electron chi connectivity index (χ3n) is 3.99. The molecular formula is C19H17ClN2O4. The number of halogens is 1. The van der Waals surface area contributed by atoms with Crippen molar-refractivity contribution in [1.29, 1.82) is 0 Å². The van der Waals surface area contributed by atoms with E-state index in [0.717, 1.165) is 17.1 Å². The number of ether oxygens (including phenoxy) is 1. The number of aryl methyl sites for hydroxylation is 2. The average molecular weight is 373 g/mol. The monoisotopic (exact) mass is 372 g/mol. The van der Waals surface area contributed by atoms with Crippen LogP contribution >= 0.6 is 11.6 Å². The van der Waals surface area contributed by atoms with Gasteiger partial charge < -0.3 is 13.8 Å². The lowest BCUT2D eigenvalue weighted by molar-refractivity contribution is 0.0464. The zero-order chi connectivity index (χ0) is 18.8. The fourth-order valence-corrected chi connectivity index (χ4v) is 2.90. The van der Waals surface area contributed by atoms with Crippen molar-refractivity contribution in [2.24, 2.45) is 0 Å². The number of hydrogen-bond acceptors (Lipinski definition) is 5. The van der Waals surface area contributed by atoms with Gasteiger partial charge in [-0.25, -0.2) is 4.79 Å². The highest BCUT2D eigenvalue weighted by molar-refractivity contribution is 6.30. The predicted octanol–water partition coefficient (Wildman–Crippen LogP) is 4.08. The molecule has 0 fully saturated rings. The van der Waals surface area contributed by atoms with Gasteiger partial charge in [0.25, 0.3) is 0 Å². The number of carbonyl (C=O) groups excluding carboxylic acids is 2. The largest absolute Gasteiger partial charge is 0.452 e. The first kappa shape index (κ1) is 17.9. The summed E-state index contributed by atoms with van der Waals surface area (Å²) in [5.74, 6) is -0.483. The molecule has 0 aliphatic rings. The van der Waals surface area contributed by atoms with Crippen molar-refractivity contribution in [1.82, 2.24) is 9.72 Å². The van der Waals surface area contributed by atoms with Gasteiger partial charge in [0.05, 0.1) is 0 Å². The summed E-state index contributed by atoms with van der Waals surface area (Å²) in [7, 11) is 0. The van der Waals surface area contributed by atoms with E-state index in [1.54, 1.807) is 25.1 Å². The van der Waals surface area contributed by atoms with E-state index in [-0.39, 0.29) is 18.1 Å². The van der Waals surface area contributed by atoms with Crippen molar-refractivity contribution in [3.8, 4) is 5.69 Å². The number of benzene rings is 1. The van der Waals surface area contributed by atoms with Crippen molar-refractivity contribution in [3.05, 3.63) is 69.8 Å². The van der Waals surface area contributed by atoms with E-state index in [1.165, 1.54) is 6.07 Å². The van der Waals surface area contributed by atoms with Gasteiger partial charge in [-0.05, 0) is 51.1 Å². The minimum absolute atomic E-state index is 0.0435. The molecule has 26 heavy (non-hydrogen) atoms. The topological polar surface area (TPSA) is 74.3 Å². The second-order valence-corrected chi connectivity index (χ2v) is 6.36. The molecule has 0 saturated carbocycles. The molecule has 3 rings (SSSR count). The van der Waals surface area contributed by atoms with E-state index >= 15 is 0 Å². The minimum atomic E-state index is -0.693. The minimum Gasteiger partial charge on any atom is -0.452 e. The first-order chi connectivity index (χ1) is 12.4. The van der Waals surface area contributed by atoms with Gasteiger partial charge in [0, 0.05) is 33.7 Å². The van der Waals surface area contributed by atoms with Gasteiger partial charge >= 0.3 is 5.97 Å². The van der Waals surface area contributed by atoms with E-state index in [0.29, 0.717) is 16.3 Å². The second kappa shape index (κ2) is 7.17. The summed E-state index contributed by atoms with van der Waals surface area (Å²) in [6.07, 6.45) is 0. The van der Waals surface area contributed by atoms with E-state index in [2.05, 4.69) is 5.16 Å². The molecule has 0 atom stereocenters. The summed E-state index contributed by atoms with van der Waals surface area (Å²) in [6.45, 7) is 5.05. The molecule has 0 bridgehead atoms. The van der Waals surface area contributed by atoms with Crippen molar-refractivity contribution in [3.63, 3.8) is 0 Å². The Morgan fingerprint density at radius 1 is 1.15 bits per heavy atom. The normalized spacial score (nSPS) is 10.8. The quantitative estimate of drug-likeness (QED) is 0.498. The zero-order valence-corrected chi connectivity index (χ0v) is 15.3. The van der Waals surface area contributed by atoms with Crippen LogP contribution in [0.4, 0.5) is 0 Å². The Bertz CT molecular complexity index is 970. The first-order valence-corrected chi connectivity index (χ1v) is 8.33. The van der Waals surface area contributed by atoms with E-state index < -0.39 is 5.97 Å². The van der Waals surface area contributed by atoms with Gasteiger partial charge in [-0.3, -0.25) is 4.79 Å².